The maximum absolute atomic E-state index is 13.2. The molecular formula is C13H9Cl2FN2O. The first-order valence-electron chi connectivity index (χ1n) is 5.35. The summed E-state index contributed by atoms with van der Waals surface area (Å²) >= 11 is 11.6. The van der Waals surface area contributed by atoms with Gasteiger partial charge in [0.05, 0.1) is 10.6 Å². The molecule has 0 spiro atoms. The predicted molar refractivity (Wildman–Crippen MR) is 73.3 cm³/mol. The smallest absolute Gasteiger partial charge is 0.257 e. The summed E-state index contributed by atoms with van der Waals surface area (Å²) in [7, 11) is 0. The summed E-state index contributed by atoms with van der Waals surface area (Å²) in [6, 6.07) is 5.59. The SMILES string of the molecule is Cc1cc(F)cc(NC(=O)c2cc(Cl)ncc2Cl)c1. The van der Waals surface area contributed by atoms with E-state index >= 15 is 0 Å². The van der Waals surface area contributed by atoms with E-state index in [-0.39, 0.29) is 15.7 Å². The van der Waals surface area contributed by atoms with Gasteiger partial charge in [-0.05, 0) is 36.8 Å². The summed E-state index contributed by atoms with van der Waals surface area (Å²) in [6.07, 6.45) is 1.29. The van der Waals surface area contributed by atoms with Crippen molar-refractivity contribution in [3.05, 3.63) is 57.6 Å². The zero-order valence-corrected chi connectivity index (χ0v) is 11.4. The summed E-state index contributed by atoms with van der Waals surface area (Å²) in [6.45, 7) is 1.73. The van der Waals surface area contributed by atoms with Gasteiger partial charge in [0.15, 0.2) is 0 Å². The largest absolute Gasteiger partial charge is 0.322 e. The standard InChI is InChI=1S/C13H9Cl2FN2O/c1-7-2-8(16)4-9(3-7)18-13(19)10-5-12(15)17-6-11(10)14/h2-6H,1H3,(H,18,19). The molecule has 2 aromatic rings. The molecule has 0 saturated heterocycles. The maximum atomic E-state index is 13.2. The van der Waals surface area contributed by atoms with Crippen LogP contribution in [0.1, 0.15) is 15.9 Å². The molecule has 0 aliphatic carbocycles. The molecule has 1 aromatic carbocycles. The van der Waals surface area contributed by atoms with Crippen molar-refractivity contribution in [3.8, 4) is 0 Å². The molecule has 1 heterocycles. The van der Waals surface area contributed by atoms with Crippen LogP contribution in [0.2, 0.25) is 10.2 Å². The Bertz CT molecular complexity index is 626. The lowest BCUT2D eigenvalue weighted by molar-refractivity contribution is 0.102. The number of aromatic nitrogens is 1. The van der Waals surface area contributed by atoms with Gasteiger partial charge >= 0.3 is 0 Å². The van der Waals surface area contributed by atoms with Crippen LogP contribution in [0, 0.1) is 12.7 Å². The van der Waals surface area contributed by atoms with E-state index in [2.05, 4.69) is 10.3 Å². The van der Waals surface area contributed by atoms with E-state index in [4.69, 9.17) is 23.2 Å². The van der Waals surface area contributed by atoms with E-state index < -0.39 is 11.7 Å². The molecule has 0 aliphatic rings. The quantitative estimate of drug-likeness (QED) is 0.849. The van der Waals surface area contributed by atoms with Crippen molar-refractivity contribution in [2.75, 3.05) is 5.32 Å². The monoisotopic (exact) mass is 298 g/mol. The van der Waals surface area contributed by atoms with Gasteiger partial charge in [0, 0.05) is 11.9 Å². The van der Waals surface area contributed by atoms with E-state index in [1.807, 2.05) is 0 Å². The molecule has 0 fully saturated rings. The highest BCUT2D eigenvalue weighted by Gasteiger charge is 2.12. The van der Waals surface area contributed by atoms with E-state index in [0.717, 1.165) is 0 Å². The van der Waals surface area contributed by atoms with Crippen LogP contribution in [0.5, 0.6) is 0 Å². The van der Waals surface area contributed by atoms with Gasteiger partial charge in [0.25, 0.3) is 5.91 Å². The average Bonchev–Trinajstić information content (AvgIpc) is 2.30. The van der Waals surface area contributed by atoms with Crippen LogP contribution in [0.25, 0.3) is 0 Å². The zero-order valence-electron chi connectivity index (χ0n) is 9.88. The molecule has 0 bridgehead atoms. The molecule has 1 aromatic heterocycles. The number of amides is 1. The number of hydrogen-bond donors (Lipinski definition) is 1. The summed E-state index contributed by atoms with van der Waals surface area (Å²) in [5.41, 5.74) is 1.24. The van der Waals surface area contributed by atoms with Gasteiger partial charge in [-0.2, -0.15) is 0 Å². The highest BCUT2D eigenvalue weighted by atomic mass is 35.5. The minimum absolute atomic E-state index is 0.157. The van der Waals surface area contributed by atoms with Crippen LogP contribution in [0.3, 0.4) is 0 Å². The van der Waals surface area contributed by atoms with Gasteiger partial charge in [-0.15, -0.1) is 0 Å². The number of nitrogens with one attached hydrogen (secondary N) is 1. The third-order valence-electron chi connectivity index (χ3n) is 2.37. The minimum Gasteiger partial charge on any atom is -0.322 e. The third-order valence-corrected chi connectivity index (χ3v) is 2.87. The molecule has 1 N–H and O–H groups in total. The average molecular weight is 299 g/mol. The number of rotatable bonds is 2. The first kappa shape index (κ1) is 13.8. The lowest BCUT2D eigenvalue weighted by Crippen LogP contribution is -2.13. The number of anilines is 1. The van der Waals surface area contributed by atoms with Gasteiger partial charge in [0.1, 0.15) is 11.0 Å². The van der Waals surface area contributed by atoms with Crippen molar-refractivity contribution in [1.29, 1.82) is 0 Å². The molecule has 0 saturated carbocycles. The lowest BCUT2D eigenvalue weighted by atomic mass is 10.2. The van der Waals surface area contributed by atoms with Gasteiger partial charge in [-0.25, -0.2) is 9.37 Å². The Morgan fingerprint density at radius 2 is 2.00 bits per heavy atom. The van der Waals surface area contributed by atoms with Crippen LogP contribution in [0.4, 0.5) is 10.1 Å². The van der Waals surface area contributed by atoms with Gasteiger partial charge in [-0.3, -0.25) is 4.79 Å². The summed E-state index contributed by atoms with van der Waals surface area (Å²) in [5, 5.41) is 2.89. The molecule has 3 nitrogen and oxygen atoms in total. The molecule has 0 atom stereocenters. The Labute approximate surface area is 119 Å². The molecule has 0 aliphatic heterocycles. The second-order valence-electron chi connectivity index (χ2n) is 3.96. The van der Waals surface area contributed by atoms with Crippen LogP contribution < -0.4 is 5.32 Å². The van der Waals surface area contributed by atoms with Crippen LogP contribution in [-0.2, 0) is 0 Å². The molecule has 6 heteroatoms. The summed E-state index contributed by atoms with van der Waals surface area (Å²) in [4.78, 5) is 15.8. The van der Waals surface area contributed by atoms with Crippen molar-refractivity contribution >= 4 is 34.8 Å². The molecule has 19 heavy (non-hydrogen) atoms. The summed E-state index contributed by atoms with van der Waals surface area (Å²) in [5.74, 6) is -0.895. The van der Waals surface area contributed by atoms with Crippen molar-refractivity contribution in [2.24, 2.45) is 0 Å². The first-order valence-corrected chi connectivity index (χ1v) is 6.11. The number of nitrogens with zero attached hydrogens (tertiary/aromatic N) is 1. The highest BCUT2D eigenvalue weighted by Crippen LogP contribution is 2.20. The summed E-state index contributed by atoms with van der Waals surface area (Å²) < 4.78 is 13.2. The fourth-order valence-corrected chi connectivity index (χ4v) is 1.94. The Morgan fingerprint density at radius 3 is 2.68 bits per heavy atom. The van der Waals surface area contributed by atoms with Gasteiger partial charge in [-0.1, -0.05) is 23.2 Å². The highest BCUT2D eigenvalue weighted by molar-refractivity contribution is 6.35. The van der Waals surface area contributed by atoms with E-state index in [1.165, 1.54) is 24.4 Å². The number of hydrogen-bond acceptors (Lipinski definition) is 2. The zero-order chi connectivity index (χ0) is 14.0. The number of aryl methyl sites for hydroxylation is 1. The van der Waals surface area contributed by atoms with Crippen molar-refractivity contribution in [2.45, 2.75) is 6.92 Å². The van der Waals surface area contributed by atoms with Crippen LogP contribution in [-0.4, -0.2) is 10.9 Å². The van der Waals surface area contributed by atoms with Gasteiger partial charge < -0.3 is 5.32 Å². The molecule has 0 radical (unpaired) electrons. The number of benzene rings is 1. The normalized spacial score (nSPS) is 10.3. The Morgan fingerprint density at radius 1 is 1.26 bits per heavy atom. The molecule has 98 valence electrons. The second kappa shape index (κ2) is 5.55. The molecule has 1 amide bonds. The van der Waals surface area contributed by atoms with E-state index in [9.17, 15) is 9.18 Å². The Balaban J connectivity index is 2.28. The fraction of sp³-hybridized carbons (Fsp3) is 0.0769. The maximum Gasteiger partial charge on any atom is 0.257 e. The number of carbonyl (C=O) groups excluding carboxylic acids is 1. The molecule has 2 rings (SSSR count). The van der Waals surface area contributed by atoms with E-state index in [1.54, 1.807) is 13.0 Å². The first-order chi connectivity index (χ1) is 8.95. The fourth-order valence-electron chi connectivity index (χ4n) is 1.59. The third kappa shape index (κ3) is 3.43. The van der Waals surface area contributed by atoms with Crippen molar-refractivity contribution in [1.82, 2.24) is 4.98 Å². The molecule has 0 unspecified atom stereocenters. The van der Waals surface area contributed by atoms with Crippen LogP contribution >= 0.6 is 23.2 Å². The molecular weight excluding hydrogens is 290 g/mol. The lowest BCUT2D eigenvalue weighted by Gasteiger charge is -2.08. The number of pyridine rings is 1. The van der Waals surface area contributed by atoms with Crippen molar-refractivity contribution < 1.29 is 9.18 Å². The number of halogens is 3. The van der Waals surface area contributed by atoms with E-state index in [0.29, 0.717) is 11.3 Å². The minimum atomic E-state index is -0.473. The number of carbonyl (C=O) groups is 1. The van der Waals surface area contributed by atoms with Crippen LogP contribution in [0.15, 0.2) is 30.5 Å². The van der Waals surface area contributed by atoms with Crippen molar-refractivity contribution in [3.63, 3.8) is 0 Å². The second-order valence-corrected chi connectivity index (χ2v) is 4.75. The van der Waals surface area contributed by atoms with Gasteiger partial charge in [0.2, 0.25) is 0 Å². The Kier molecular flexibility index (Phi) is 4.02. The predicted octanol–water partition coefficient (Wildman–Crippen LogP) is 4.09. The topological polar surface area (TPSA) is 42.0 Å². The Hall–Kier alpha value is -1.65.